The lowest BCUT2D eigenvalue weighted by Crippen LogP contribution is -2.53. The van der Waals surface area contributed by atoms with Crippen molar-refractivity contribution in [3.05, 3.63) is 60.2 Å². The molecular weight excluding hydrogens is 384 g/mol. The highest BCUT2D eigenvalue weighted by molar-refractivity contribution is 5.99. The molecule has 0 aromatic heterocycles. The molecule has 0 unspecified atom stereocenters. The zero-order valence-corrected chi connectivity index (χ0v) is 17.1. The Bertz CT molecular complexity index is 903. The van der Waals surface area contributed by atoms with Gasteiger partial charge in [-0.1, -0.05) is 49.4 Å². The number of rotatable bonds is 6. The second-order valence-corrected chi connectivity index (χ2v) is 6.90. The first-order valence-electron chi connectivity index (χ1n) is 9.92. The van der Waals surface area contributed by atoms with Gasteiger partial charge in [-0.05, 0) is 24.1 Å². The van der Waals surface area contributed by atoms with Gasteiger partial charge < -0.3 is 20.3 Å². The Kier molecular flexibility index (Phi) is 6.90. The average molecular weight is 410 g/mol. The van der Waals surface area contributed by atoms with Gasteiger partial charge in [0.2, 0.25) is 0 Å². The van der Waals surface area contributed by atoms with Crippen LogP contribution in [-0.2, 0) is 9.59 Å². The summed E-state index contributed by atoms with van der Waals surface area (Å²) in [6.07, 6.45) is 0.0189. The number of carbonyl (C=O) groups excluding carboxylic acids is 3. The van der Waals surface area contributed by atoms with Gasteiger partial charge in [-0.3, -0.25) is 14.9 Å². The quantitative estimate of drug-likeness (QED) is 0.676. The number of nitrogens with one attached hydrogen (secondary N) is 3. The van der Waals surface area contributed by atoms with E-state index >= 15 is 0 Å². The summed E-state index contributed by atoms with van der Waals surface area (Å²) in [5.74, 6) is -0.228. The highest BCUT2D eigenvalue weighted by Gasteiger charge is 2.38. The van der Waals surface area contributed by atoms with Crippen LogP contribution >= 0.6 is 0 Å². The highest BCUT2D eigenvalue weighted by Crippen LogP contribution is 2.38. The first-order chi connectivity index (χ1) is 14.5. The van der Waals surface area contributed by atoms with Crippen molar-refractivity contribution >= 4 is 23.5 Å². The smallest absolute Gasteiger partial charge is 0.321 e. The Labute approximate surface area is 175 Å². The first kappa shape index (κ1) is 21.2. The van der Waals surface area contributed by atoms with E-state index in [0.29, 0.717) is 23.5 Å². The summed E-state index contributed by atoms with van der Waals surface area (Å²) >= 11 is 0. The van der Waals surface area contributed by atoms with Crippen LogP contribution in [0, 0.1) is 0 Å². The Morgan fingerprint density at radius 2 is 1.80 bits per heavy atom. The summed E-state index contributed by atoms with van der Waals surface area (Å²) in [6.45, 7) is 2.67. The lowest BCUT2D eigenvalue weighted by Gasteiger charge is -2.39. The molecule has 3 N–H and O–H groups in total. The third kappa shape index (κ3) is 4.71. The van der Waals surface area contributed by atoms with Crippen LogP contribution in [0.15, 0.2) is 54.6 Å². The number of anilines is 1. The van der Waals surface area contributed by atoms with E-state index in [4.69, 9.17) is 4.74 Å². The SMILES string of the molecule is CCCNC(=O)[C@@H]1CN([C@H](C(=O)NC(=O)NC)c2ccccc2)c2ccccc2O1. The van der Waals surface area contributed by atoms with Gasteiger partial charge in [0.25, 0.3) is 11.8 Å². The summed E-state index contributed by atoms with van der Waals surface area (Å²) < 4.78 is 5.92. The number of hydrogen-bond acceptors (Lipinski definition) is 5. The number of para-hydroxylation sites is 2. The van der Waals surface area contributed by atoms with Gasteiger partial charge >= 0.3 is 6.03 Å². The van der Waals surface area contributed by atoms with E-state index in [1.807, 2.05) is 60.4 Å². The van der Waals surface area contributed by atoms with Crippen molar-refractivity contribution in [1.82, 2.24) is 16.0 Å². The fourth-order valence-corrected chi connectivity index (χ4v) is 3.36. The molecule has 0 saturated carbocycles. The molecule has 2 aromatic rings. The molecule has 158 valence electrons. The van der Waals surface area contributed by atoms with E-state index in [1.54, 1.807) is 6.07 Å². The molecule has 4 amide bonds. The molecule has 0 aliphatic carbocycles. The van der Waals surface area contributed by atoms with Crippen LogP contribution in [0.25, 0.3) is 0 Å². The predicted octanol–water partition coefficient (Wildman–Crippen LogP) is 1.98. The van der Waals surface area contributed by atoms with E-state index in [9.17, 15) is 14.4 Å². The number of hydrogen-bond donors (Lipinski definition) is 3. The summed E-state index contributed by atoms with van der Waals surface area (Å²) in [5, 5.41) is 7.61. The summed E-state index contributed by atoms with van der Waals surface area (Å²) in [5.41, 5.74) is 1.38. The first-order valence-corrected chi connectivity index (χ1v) is 9.92. The van der Waals surface area contributed by atoms with Gasteiger partial charge in [-0.2, -0.15) is 0 Å². The molecule has 0 radical (unpaired) electrons. The van der Waals surface area contributed by atoms with Crippen LogP contribution in [0.2, 0.25) is 0 Å². The van der Waals surface area contributed by atoms with E-state index in [1.165, 1.54) is 7.05 Å². The van der Waals surface area contributed by atoms with Crippen LogP contribution in [0.3, 0.4) is 0 Å². The molecule has 8 nitrogen and oxygen atoms in total. The number of fused-ring (bicyclic) bond motifs is 1. The van der Waals surface area contributed by atoms with Crippen molar-refractivity contribution < 1.29 is 19.1 Å². The normalized spacial score (nSPS) is 15.9. The number of nitrogens with zero attached hydrogens (tertiary/aromatic N) is 1. The maximum absolute atomic E-state index is 13.1. The van der Waals surface area contributed by atoms with Gasteiger partial charge in [0.15, 0.2) is 6.10 Å². The minimum Gasteiger partial charge on any atom is -0.477 e. The molecule has 0 spiro atoms. The fraction of sp³-hybridized carbons (Fsp3) is 0.318. The lowest BCUT2D eigenvalue weighted by atomic mass is 10.0. The van der Waals surface area contributed by atoms with Gasteiger partial charge in [-0.25, -0.2) is 4.79 Å². The lowest BCUT2D eigenvalue weighted by molar-refractivity contribution is -0.128. The fourth-order valence-electron chi connectivity index (χ4n) is 3.36. The Hall–Kier alpha value is -3.55. The third-order valence-electron chi connectivity index (χ3n) is 4.79. The van der Waals surface area contributed by atoms with Crippen LogP contribution in [-0.4, -0.2) is 44.1 Å². The van der Waals surface area contributed by atoms with Gasteiger partial charge in [0, 0.05) is 13.6 Å². The Balaban J connectivity index is 2.00. The third-order valence-corrected chi connectivity index (χ3v) is 4.79. The number of ether oxygens (including phenoxy) is 1. The van der Waals surface area contributed by atoms with Crippen LogP contribution < -0.4 is 25.6 Å². The maximum Gasteiger partial charge on any atom is 0.321 e. The monoisotopic (exact) mass is 410 g/mol. The van der Waals surface area contributed by atoms with Crippen molar-refractivity contribution in [3.8, 4) is 5.75 Å². The summed E-state index contributed by atoms with van der Waals surface area (Å²) in [7, 11) is 1.44. The predicted molar refractivity (Wildman–Crippen MR) is 113 cm³/mol. The van der Waals surface area contributed by atoms with Crippen LogP contribution in [0.5, 0.6) is 5.75 Å². The molecule has 2 aromatic carbocycles. The molecule has 3 rings (SSSR count). The molecule has 8 heteroatoms. The molecule has 1 aliphatic heterocycles. The Morgan fingerprint density at radius 1 is 1.10 bits per heavy atom. The van der Waals surface area contributed by atoms with E-state index in [0.717, 1.165) is 6.42 Å². The zero-order chi connectivity index (χ0) is 21.5. The molecule has 1 aliphatic rings. The van der Waals surface area contributed by atoms with Crippen molar-refractivity contribution in [3.63, 3.8) is 0 Å². The van der Waals surface area contributed by atoms with E-state index in [2.05, 4.69) is 16.0 Å². The molecule has 2 atom stereocenters. The number of imide groups is 1. The molecule has 0 bridgehead atoms. The van der Waals surface area contributed by atoms with Crippen LogP contribution in [0.4, 0.5) is 10.5 Å². The minimum absolute atomic E-state index is 0.160. The number of amides is 4. The molecule has 30 heavy (non-hydrogen) atoms. The standard InChI is InChI=1S/C22H26N4O4/c1-3-13-24-20(27)18-14-26(16-11-7-8-12-17(16)30-18)19(15-9-5-4-6-10-15)21(28)25-22(29)23-2/h4-12,18-19H,3,13-14H2,1-2H3,(H,24,27)(H2,23,25,28,29)/t18-,19-/m0/s1. The average Bonchev–Trinajstić information content (AvgIpc) is 2.78. The molecule has 0 saturated heterocycles. The molecule has 1 heterocycles. The van der Waals surface area contributed by atoms with E-state index in [-0.39, 0.29) is 12.5 Å². The van der Waals surface area contributed by atoms with Gasteiger partial charge in [0.05, 0.1) is 12.2 Å². The number of benzene rings is 2. The van der Waals surface area contributed by atoms with Crippen molar-refractivity contribution in [2.75, 3.05) is 25.0 Å². The molecule has 0 fully saturated rings. The molecular formula is C22H26N4O4. The maximum atomic E-state index is 13.1. The van der Waals surface area contributed by atoms with E-state index < -0.39 is 24.1 Å². The summed E-state index contributed by atoms with van der Waals surface area (Å²) in [4.78, 5) is 39.4. The van der Waals surface area contributed by atoms with Crippen LogP contribution in [0.1, 0.15) is 24.9 Å². The van der Waals surface area contributed by atoms with Crippen molar-refractivity contribution in [2.24, 2.45) is 0 Å². The summed E-state index contributed by atoms with van der Waals surface area (Å²) in [6, 6.07) is 15.0. The minimum atomic E-state index is -0.824. The second-order valence-electron chi connectivity index (χ2n) is 6.90. The topological polar surface area (TPSA) is 99.8 Å². The highest BCUT2D eigenvalue weighted by atomic mass is 16.5. The van der Waals surface area contributed by atoms with Gasteiger partial charge in [0.1, 0.15) is 11.8 Å². The van der Waals surface area contributed by atoms with Crippen molar-refractivity contribution in [2.45, 2.75) is 25.5 Å². The van der Waals surface area contributed by atoms with Crippen molar-refractivity contribution in [1.29, 1.82) is 0 Å². The Morgan fingerprint density at radius 3 is 2.50 bits per heavy atom. The zero-order valence-electron chi connectivity index (χ0n) is 17.1. The number of urea groups is 1. The van der Waals surface area contributed by atoms with Gasteiger partial charge in [-0.15, -0.1) is 0 Å². The second kappa shape index (κ2) is 9.78. The number of carbonyl (C=O) groups is 3. The largest absolute Gasteiger partial charge is 0.477 e.